The van der Waals surface area contributed by atoms with Crippen LogP contribution < -0.4 is 11.1 Å². The van der Waals surface area contributed by atoms with Crippen LogP contribution in [-0.4, -0.2) is 19.0 Å². The molecule has 0 aromatic carbocycles. The fraction of sp³-hybridized carbons (Fsp3) is 0.889. The Morgan fingerprint density at radius 1 is 1.58 bits per heavy atom. The minimum absolute atomic E-state index is 0.0347. The van der Waals surface area contributed by atoms with Crippen molar-refractivity contribution < 1.29 is 4.79 Å². The van der Waals surface area contributed by atoms with Crippen molar-refractivity contribution in [3.05, 3.63) is 0 Å². The normalized spacial score (nSPS) is 27.3. The van der Waals surface area contributed by atoms with Gasteiger partial charge < -0.3 is 11.1 Å². The molecule has 1 saturated heterocycles. The van der Waals surface area contributed by atoms with E-state index in [-0.39, 0.29) is 17.2 Å². The van der Waals surface area contributed by atoms with E-state index in [4.69, 9.17) is 5.73 Å². The van der Waals surface area contributed by atoms with Crippen molar-refractivity contribution in [1.82, 2.24) is 5.32 Å². The Morgan fingerprint density at radius 3 is 2.50 bits per heavy atom. The zero-order chi connectivity index (χ0) is 9.19. The molecule has 1 atom stereocenters. The van der Waals surface area contributed by atoms with Crippen LogP contribution in [0.1, 0.15) is 26.7 Å². The molecule has 0 saturated carbocycles. The van der Waals surface area contributed by atoms with E-state index in [0.717, 1.165) is 25.9 Å². The van der Waals surface area contributed by atoms with Crippen LogP contribution in [0.5, 0.6) is 0 Å². The van der Waals surface area contributed by atoms with Crippen molar-refractivity contribution in [2.24, 2.45) is 17.1 Å². The van der Waals surface area contributed by atoms with Crippen LogP contribution in [-0.2, 0) is 4.79 Å². The van der Waals surface area contributed by atoms with E-state index < -0.39 is 0 Å². The molecule has 0 aromatic rings. The lowest BCUT2D eigenvalue weighted by Crippen LogP contribution is -2.37. The van der Waals surface area contributed by atoms with Crippen LogP contribution in [0.2, 0.25) is 0 Å². The van der Waals surface area contributed by atoms with Crippen LogP contribution in [0, 0.1) is 11.3 Å². The molecule has 0 spiro atoms. The van der Waals surface area contributed by atoms with E-state index >= 15 is 0 Å². The quantitative estimate of drug-likeness (QED) is 0.648. The Kier molecular flexibility index (Phi) is 2.73. The maximum Gasteiger partial charge on any atom is 0.222 e. The summed E-state index contributed by atoms with van der Waals surface area (Å²) in [5, 5.41) is 3.25. The second-order valence-electron chi connectivity index (χ2n) is 3.66. The van der Waals surface area contributed by atoms with Crippen molar-refractivity contribution in [2.45, 2.75) is 26.7 Å². The summed E-state index contributed by atoms with van der Waals surface area (Å²) in [6.45, 7) is 5.96. The first-order valence-corrected chi connectivity index (χ1v) is 4.66. The van der Waals surface area contributed by atoms with E-state index in [1.807, 2.05) is 0 Å². The number of hydrogen-bond donors (Lipinski definition) is 2. The number of amides is 1. The van der Waals surface area contributed by atoms with Crippen molar-refractivity contribution in [3.63, 3.8) is 0 Å². The third-order valence-electron chi connectivity index (χ3n) is 3.32. The van der Waals surface area contributed by atoms with E-state index in [9.17, 15) is 4.79 Å². The number of primary amides is 1. The van der Waals surface area contributed by atoms with Crippen LogP contribution >= 0.6 is 0 Å². The number of carbonyl (C=O) groups is 1. The van der Waals surface area contributed by atoms with E-state index in [1.165, 1.54) is 0 Å². The monoisotopic (exact) mass is 170 g/mol. The average molecular weight is 170 g/mol. The molecule has 1 heterocycles. The lowest BCUT2D eigenvalue weighted by Gasteiger charge is -2.30. The van der Waals surface area contributed by atoms with Crippen molar-refractivity contribution in [2.75, 3.05) is 13.1 Å². The summed E-state index contributed by atoms with van der Waals surface area (Å²) in [6, 6.07) is 0. The molecular formula is C9H18N2O. The first-order chi connectivity index (χ1) is 5.66. The Hall–Kier alpha value is -0.570. The Balaban J connectivity index is 2.78. The minimum atomic E-state index is -0.149. The highest BCUT2D eigenvalue weighted by Gasteiger charge is 2.42. The number of nitrogens with one attached hydrogen (secondary N) is 1. The van der Waals surface area contributed by atoms with Gasteiger partial charge in [0.25, 0.3) is 0 Å². The molecular weight excluding hydrogens is 152 g/mol. The molecule has 12 heavy (non-hydrogen) atoms. The van der Waals surface area contributed by atoms with Gasteiger partial charge >= 0.3 is 0 Å². The third kappa shape index (κ3) is 1.33. The Bertz CT molecular complexity index is 175. The molecule has 1 aliphatic rings. The first-order valence-electron chi connectivity index (χ1n) is 4.66. The van der Waals surface area contributed by atoms with Gasteiger partial charge in [0.15, 0.2) is 0 Å². The highest BCUT2D eigenvalue weighted by molar-refractivity contribution is 5.78. The van der Waals surface area contributed by atoms with Gasteiger partial charge in [0, 0.05) is 13.1 Å². The second-order valence-corrected chi connectivity index (χ2v) is 3.66. The maximum absolute atomic E-state index is 11.1. The third-order valence-corrected chi connectivity index (χ3v) is 3.32. The fourth-order valence-corrected chi connectivity index (χ4v) is 2.20. The van der Waals surface area contributed by atoms with Gasteiger partial charge in [0.05, 0.1) is 5.92 Å². The van der Waals surface area contributed by atoms with Gasteiger partial charge in [-0.15, -0.1) is 0 Å². The van der Waals surface area contributed by atoms with Crippen molar-refractivity contribution >= 4 is 5.91 Å². The maximum atomic E-state index is 11.1. The predicted molar refractivity (Wildman–Crippen MR) is 48.6 cm³/mol. The Labute approximate surface area is 73.7 Å². The molecule has 3 heteroatoms. The smallest absolute Gasteiger partial charge is 0.222 e. The molecule has 0 bridgehead atoms. The molecule has 70 valence electrons. The highest BCUT2D eigenvalue weighted by atomic mass is 16.1. The standard InChI is InChI=1S/C9H18N2O/c1-3-9(4-2)6-11-5-7(9)8(10)12/h7,11H,3-6H2,1-2H3,(H2,10,12). The lowest BCUT2D eigenvalue weighted by molar-refractivity contribution is -0.124. The summed E-state index contributed by atoms with van der Waals surface area (Å²) < 4.78 is 0. The van der Waals surface area contributed by atoms with Gasteiger partial charge in [0.1, 0.15) is 0 Å². The topological polar surface area (TPSA) is 55.1 Å². The van der Waals surface area contributed by atoms with Gasteiger partial charge in [-0.25, -0.2) is 0 Å². The summed E-state index contributed by atoms with van der Waals surface area (Å²) in [6.07, 6.45) is 2.06. The zero-order valence-electron chi connectivity index (χ0n) is 7.89. The molecule has 0 aliphatic carbocycles. The van der Waals surface area contributed by atoms with Gasteiger partial charge in [-0.2, -0.15) is 0 Å². The molecule has 0 radical (unpaired) electrons. The number of nitrogens with two attached hydrogens (primary N) is 1. The van der Waals surface area contributed by atoms with Gasteiger partial charge in [-0.05, 0) is 18.3 Å². The van der Waals surface area contributed by atoms with Crippen LogP contribution in [0.3, 0.4) is 0 Å². The number of hydrogen-bond acceptors (Lipinski definition) is 2. The van der Waals surface area contributed by atoms with Crippen molar-refractivity contribution in [3.8, 4) is 0 Å². The lowest BCUT2D eigenvalue weighted by atomic mass is 9.73. The van der Waals surface area contributed by atoms with Crippen LogP contribution in [0.25, 0.3) is 0 Å². The highest BCUT2D eigenvalue weighted by Crippen LogP contribution is 2.37. The van der Waals surface area contributed by atoms with Gasteiger partial charge in [-0.1, -0.05) is 13.8 Å². The summed E-state index contributed by atoms with van der Waals surface area (Å²) in [7, 11) is 0. The summed E-state index contributed by atoms with van der Waals surface area (Å²) in [5.41, 5.74) is 5.48. The SMILES string of the molecule is CCC1(CC)CNCC1C(N)=O. The van der Waals surface area contributed by atoms with Crippen LogP contribution in [0.4, 0.5) is 0 Å². The first kappa shape index (κ1) is 9.52. The molecule has 0 aromatic heterocycles. The second kappa shape index (κ2) is 3.44. The molecule has 1 unspecified atom stereocenters. The predicted octanol–water partition coefficient (Wildman–Crippen LogP) is 0.497. The fourth-order valence-electron chi connectivity index (χ4n) is 2.20. The Morgan fingerprint density at radius 2 is 2.17 bits per heavy atom. The molecule has 1 fully saturated rings. The molecule has 1 aliphatic heterocycles. The van der Waals surface area contributed by atoms with E-state index in [0.29, 0.717) is 0 Å². The minimum Gasteiger partial charge on any atom is -0.369 e. The van der Waals surface area contributed by atoms with Gasteiger partial charge in [0.2, 0.25) is 5.91 Å². The van der Waals surface area contributed by atoms with Crippen LogP contribution in [0.15, 0.2) is 0 Å². The average Bonchev–Trinajstić information content (AvgIpc) is 2.48. The molecule has 3 nitrogen and oxygen atoms in total. The largest absolute Gasteiger partial charge is 0.369 e. The van der Waals surface area contributed by atoms with E-state index in [1.54, 1.807) is 0 Å². The molecule has 1 rings (SSSR count). The zero-order valence-corrected chi connectivity index (χ0v) is 7.89. The van der Waals surface area contributed by atoms with E-state index in [2.05, 4.69) is 19.2 Å². The van der Waals surface area contributed by atoms with Crippen molar-refractivity contribution in [1.29, 1.82) is 0 Å². The number of carbonyl (C=O) groups excluding carboxylic acids is 1. The summed E-state index contributed by atoms with van der Waals surface area (Å²) in [5.74, 6) is -0.115. The van der Waals surface area contributed by atoms with Gasteiger partial charge in [-0.3, -0.25) is 4.79 Å². The number of rotatable bonds is 3. The summed E-state index contributed by atoms with van der Waals surface area (Å²) >= 11 is 0. The molecule has 1 amide bonds. The summed E-state index contributed by atoms with van der Waals surface area (Å²) in [4.78, 5) is 11.1. The molecule has 3 N–H and O–H groups in total.